The van der Waals surface area contributed by atoms with Gasteiger partial charge in [-0.25, -0.2) is 0 Å². The lowest BCUT2D eigenvalue weighted by atomic mass is 9.81. The second-order valence-corrected chi connectivity index (χ2v) is 6.44. The summed E-state index contributed by atoms with van der Waals surface area (Å²) in [7, 11) is 0. The van der Waals surface area contributed by atoms with E-state index in [1.54, 1.807) is 13.8 Å². The maximum Gasteiger partial charge on any atom is 0.234 e. The molecule has 0 radical (unpaired) electrons. The maximum atomic E-state index is 12.5. The first kappa shape index (κ1) is 12.6. The molecule has 0 spiro atoms. The summed E-state index contributed by atoms with van der Waals surface area (Å²) in [5, 5.41) is 11.3. The first-order valence-corrected chi connectivity index (χ1v) is 7.01. The third kappa shape index (κ3) is 1.56. The molecule has 2 amide bonds. The molecule has 3 fully saturated rings. The van der Waals surface area contributed by atoms with Gasteiger partial charge in [-0.1, -0.05) is 13.8 Å². The highest BCUT2D eigenvalue weighted by Crippen LogP contribution is 2.56. The van der Waals surface area contributed by atoms with Crippen molar-refractivity contribution in [3.05, 3.63) is 0 Å². The number of carboxylic acids is 1. The number of hydrogen-bond donors (Lipinski definition) is 0. The Kier molecular flexibility index (Phi) is 2.69. The standard InChI is InChI=1S/C14H19NO4/c1-6(2)11(14(18)19)15-12(16)9-7-3-4-8(5-7)10(9)13(15)17/h6-11H,3-5H2,1-2H3,(H,18,19)/p-1/t7-,8-,9-,10-,11+/m0/s1. The minimum atomic E-state index is -1.33. The van der Waals surface area contributed by atoms with E-state index in [0.29, 0.717) is 0 Å². The zero-order valence-electron chi connectivity index (χ0n) is 11.2. The number of hydrogen-bond acceptors (Lipinski definition) is 4. The monoisotopic (exact) mass is 264 g/mol. The molecule has 1 saturated heterocycles. The minimum absolute atomic E-state index is 0.258. The molecule has 0 aromatic carbocycles. The fourth-order valence-electron chi connectivity index (χ4n) is 4.38. The summed E-state index contributed by atoms with van der Waals surface area (Å²) in [6.45, 7) is 3.40. The summed E-state index contributed by atoms with van der Waals surface area (Å²) < 4.78 is 0. The molecule has 0 aromatic heterocycles. The number of carbonyl (C=O) groups excluding carboxylic acids is 3. The van der Waals surface area contributed by atoms with Gasteiger partial charge in [-0.15, -0.1) is 0 Å². The molecule has 3 rings (SSSR count). The highest BCUT2D eigenvalue weighted by Gasteiger charge is 2.62. The van der Waals surface area contributed by atoms with Gasteiger partial charge in [-0.2, -0.15) is 0 Å². The van der Waals surface area contributed by atoms with Crippen molar-refractivity contribution in [1.82, 2.24) is 4.90 Å². The van der Waals surface area contributed by atoms with E-state index in [1.807, 2.05) is 0 Å². The van der Waals surface area contributed by atoms with E-state index in [-0.39, 0.29) is 41.4 Å². The molecule has 2 saturated carbocycles. The van der Waals surface area contributed by atoms with Crippen molar-refractivity contribution in [3.8, 4) is 0 Å². The smallest absolute Gasteiger partial charge is 0.234 e. The number of rotatable bonds is 3. The van der Waals surface area contributed by atoms with Gasteiger partial charge < -0.3 is 9.90 Å². The largest absolute Gasteiger partial charge is 0.548 e. The van der Waals surface area contributed by atoms with Gasteiger partial charge in [0.15, 0.2) is 0 Å². The van der Waals surface area contributed by atoms with Crippen molar-refractivity contribution < 1.29 is 19.5 Å². The number of aliphatic carboxylic acids is 1. The number of carboxylic acid groups (broad SMARTS) is 1. The fraction of sp³-hybridized carbons (Fsp3) is 0.786. The molecule has 1 heterocycles. The number of amides is 2. The van der Waals surface area contributed by atoms with E-state index in [1.165, 1.54) is 0 Å². The Balaban J connectivity index is 1.94. The van der Waals surface area contributed by atoms with Gasteiger partial charge in [0.2, 0.25) is 11.8 Å². The predicted molar refractivity (Wildman–Crippen MR) is 63.3 cm³/mol. The van der Waals surface area contributed by atoms with E-state index >= 15 is 0 Å². The van der Waals surface area contributed by atoms with Crippen LogP contribution in [0.1, 0.15) is 33.1 Å². The highest BCUT2D eigenvalue weighted by molar-refractivity contribution is 6.08. The minimum Gasteiger partial charge on any atom is -0.548 e. The Morgan fingerprint density at radius 1 is 1.16 bits per heavy atom. The molecule has 19 heavy (non-hydrogen) atoms. The molecule has 0 aromatic rings. The van der Waals surface area contributed by atoms with Crippen LogP contribution in [-0.2, 0) is 14.4 Å². The lowest BCUT2D eigenvalue weighted by Crippen LogP contribution is -2.54. The topological polar surface area (TPSA) is 77.5 Å². The normalized spacial score (nSPS) is 38.2. The van der Waals surface area contributed by atoms with Gasteiger partial charge in [0, 0.05) is 0 Å². The molecule has 104 valence electrons. The molecule has 0 N–H and O–H groups in total. The summed E-state index contributed by atoms with van der Waals surface area (Å²) >= 11 is 0. The third-order valence-corrected chi connectivity index (χ3v) is 5.11. The molecule has 2 bridgehead atoms. The Morgan fingerprint density at radius 2 is 1.63 bits per heavy atom. The number of likely N-dealkylation sites (tertiary alicyclic amines) is 1. The summed E-state index contributed by atoms with van der Waals surface area (Å²) in [5.41, 5.74) is 0. The van der Waals surface area contributed by atoms with Gasteiger partial charge in [-0.3, -0.25) is 14.5 Å². The summed E-state index contributed by atoms with van der Waals surface area (Å²) in [4.78, 5) is 37.2. The van der Waals surface area contributed by atoms with E-state index in [9.17, 15) is 19.5 Å². The molecule has 2 aliphatic carbocycles. The van der Waals surface area contributed by atoms with Crippen LogP contribution in [0.2, 0.25) is 0 Å². The molecule has 3 aliphatic rings. The highest BCUT2D eigenvalue weighted by atomic mass is 16.4. The van der Waals surface area contributed by atoms with Gasteiger partial charge in [0.1, 0.15) is 0 Å². The van der Waals surface area contributed by atoms with Crippen LogP contribution in [0.15, 0.2) is 0 Å². The first-order valence-electron chi connectivity index (χ1n) is 7.01. The predicted octanol–water partition coefficient (Wildman–Crippen LogP) is -0.208. The second kappa shape index (κ2) is 4.05. The van der Waals surface area contributed by atoms with Crippen LogP contribution in [0.4, 0.5) is 0 Å². The first-order chi connectivity index (χ1) is 8.93. The molecule has 1 aliphatic heterocycles. The van der Waals surface area contributed by atoms with Crippen LogP contribution in [0.3, 0.4) is 0 Å². The van der Waals surface area contributed by atoms with Crippen molar-refractivity contribution in [3.63, 3.8) is 0 Å². The van der Waals surface area contributed by atoms with Crippen LogP contribution >= 0.6 is 0 Å². The van der Waals surface area contributed by atoms with Crippen LogP contribution < -0.4 is 5.11 Å². The van der Waals surface area contributed by atoms with Crippen molar-refractivity contribution in [2.24, 2.45) is 29.6 Å². The Bertz CT molecular complexity index is 430. The van der Waals surface area contributed by atoms with Crippen molar-refractivity contribution >= 4 is 17.8 Å². The summed E-state index contributed by atoms with van der Waals surface area (Å²) in [6, 6.07) is -1.12. The van der Waals surface area contributed by atoms with Gasteiger partial charge >= 0.3 is 0 Å². The molecular weight excluding hydrogens is 246 g/mol. The van der Waals surface area contributed by atoms with Crippen molar-refractivity contribution in [1.29, 1.82) is 0 Å². The Morgan fingerprint density at radius 3 is 2.00 bits per heavy atom. The van der Waals surface area contributed by atoms with Gasteiger partial charge in [0.05, 0.1) is 23.8 Å². The average molecular weight is 264 g/mol. The average Bonchev–Trinajstić information content (AvgIpc) is 2.97. The zero-order valence-corrected chi connectivity index (χ0v) is 11.2. The lowest BCUT2D eigenvalue weighted by Gasteiger charge is -2.31. The summed E-state index contributed by atoms with van der Waals surface area (Å²) in [6.07, 6.45) is 2.95. The quantitative estimate of drug-likeness (QED) is 0.661. The van der Waals surface area contributed by atoms with Crippen LogP contribution in [0, 0.1) is 29.6 Å². The zero-order chi connectivity index (χ0) is 13.9. The third-order valence-electron chi connectivity index (χ3n) is 5.11. The SMILES string of the molecule is CC(C)[C@H](C(=O)[O-])N1C(=O)[C@H]2[C@H]3CC[C@@H](C3)[C@@H]2C1=O. The van der Waals surface area contributed by atoms with Crippen molar-refractivity contribution in [2.75, 3.05) is 0 Å². The van der Waals surface area contributed by atoms with Crippen molar-refractivity contribution in [2.45, 2.75) is 39.2 Å². The second-order valence-electron chi connectivity index (χ2n) is 6.44. The Hall–Kier alpha value is -1.39. The molecule has 5 nitrogen and oxygen atoms in total. The fourth-order valence-corrected chi connectivity index (χ4v) is 4.38. The van der Waals surface area contributed by atoms with E-state index in [4.69, 9.17) is 0 Å². The van der Waals surface area contributed by atoms with Gasteiger partial charge in [-0.05, 0) is 37.0 Å². The van der Waals surface area contributed by atoms with E-state index in [0.717, 1.165) is 24.2 Å². The molecular formula is C14H18NO4-. The molecule has 5 atom stereocenters. The van der Waals surface area contributed by atoms with E-state index in [2.05, 4.69) is 0 Å². The molecule has 5 heteroatoms. The number of imide groups is 1. The maximum absolute atomic E-state index is 12.5. The number of fused-ring (bicyclic) bond motifs is 5. The Labute approximate surface area is 112 Å². The molecule has 0 unspecified atom stereocenters. The lowest BCUT2D eigenvalue weighted by molar-refractivity contribution is -0.312. The number of carbonyl (C=O) groups is 3. The van der Waals surface area contributed by atoms with Crippen LogP contribution in [0.5, 0.6) is 0 Å². The van der Waals surface area contributed by atoms with E-state index < -0.39 is 12.0 Å². The number of nitrogens with zero attached hydrogens (tertiary/aromatic N) is 1. The summed E-state index contributed by atoms with van der Waals surface area (Å²) in [5.74, 6) is -2.15. The van der Waals surface area contributed by atoms with Gasteiger partial charge in [0.25, 0.3) is 0 Å². The van der Waals surface area contributed by atoms with Crippen LogP contribution in [0.25, 0.3) is 0 Å². The van der Waals surface area contributed by atoms with Crippen LogP contribution in [-0.4, -0.2) is 28.7 Å².